The fourth-order valence-electron chi connectivity index (χ4n) is 5.46. The van der Waals surface area contributed by atoms with Crippen LogP contribution in [0.15, 0.2) is 97.6 Å². The number of piperidine rings is 1. The molecule has 4 rings (SSSR count). The van der Waals surface area contributed by atoms with Gasteiger partial charge in [-0.25, -0.2) is 0 Å². The molecule has 0 spiro atoms. The molecule has 1 saturated heterocycles. The molecular weight excluding hydrogens is 418 g/mol. The Hall–Kier alpha value is -2.72. The second-order valence-corrected chi connectivity index (χ2v) is 9.46. The Kier molecular flexibility index (Phi) is 8.34. The summed E-state index contributed by atoms with van der Waals surface area (Å²) in [4.78, 5) is 2.48. The fourth-order valence-corrected chi connectivity index (χ4v) is 5.46. The molecule has 0 radical (unpaired) electrons. The lowest BCUT2D eigenvalue weighted by Gasteiger charge is -2.42. The van der Waals surface area contributed by atoms with Gasteiger partial charge in [-0.3, -0.25) is 0 Å². The third-order valence-corrected chi connectivity index (χ3v) is 7.34. The number of aliphatic hydroxyl groups excluding tert-OH is 1. The van der Waals surface area contributed by atoms with E-state index in [4.69, 9.17) is 0 Å². The highest BCUT2D eigenvalue weighted by atomic mass is 16.3. The Morgan fingerprint density at radius 2 is 1.44 bits per heavy atom. The van der Waals surface area contributed by atoms with Gasteiger partial charge in [-0.05, 0) is 79.9 Å². The first-order valence-corrected chi connectivity index (χ1v) is 12.6. The quantitative estimate of drug-likeness (QED) is 0.375. The maximum atomic E-state index is 12.1. The maximum Gasteiger partial charge on any atom is 0.117 e. The highest BCUT2D eigenvalue weighted by molar-refractivity contribution is 5.37. The van der Waals surface area contributed by atoms with Crippen LogP contribution < -0.4 is 0 Å². The summed E-state index contributed by atoms with van der Waals surface area (Å²) >= 11 is 0. The molecule has 178 valence electrons. The van der Waals surface area contributed by atoms with Crippen LogP contribution in [0.3, 0.4) is 0 Å². The van der Waals surface area contributed by atoms with Crippen molar-refractivity contribution < 1.29 is 10.2 Å². The summed E-state index contributed by atoms with van der Waals surface area (Å²) in [6.45, 7) is 6.75. The minimum atomic E-state index is -0.973. The van der Waals surface area contributed by atoms with Crippen LogP contribution in [0.5, 0.6) is 0 Å². The number of hydrogen-bond acceptors (Lipinski definition) is 3. The van der Waals surface area contributed by atoms with E-state index in [0.29, 0.717) is 0 Å². The zero-order chi connectivity index (χ0) is 23.8. The first kappa shape index (κ1) is 24.4. The molecule has 34 heavy (non-hydrogen) atoms. The molecule has 3 nitrogen and oxygen atoms in total. The van der Waals surface area contributed by atoms with Gasteiger partial charge in [0.2, 0.25) is 0 Å². The number of hydrogen-bond donors (Lipinski definition) is 2. The summed E-state index contributed by atoms with van der Waals surface area (Å²) in [7, 11) is 0. The molecule has 1 aliphatic heterocycles. The van der Waals surface area contributed by atoms with Crippen molar-refractivity contribution in [3.8, 4) is 0 Å². The average Bonchev–Trinajstić information content (AvgIpc) is 2.90. The van der Waals surface area contributed by atoms with Crippen molar-refractivity contribution in [1.29, 1.82) is 0 Å². The largest absolute Gasteiger partial charge is 0.388 e. The van der Waals surface area contributed by atoms with Crippen LogP contribution in [-0.2, 0) is 12.0 Å². The second-order valence-electron chi connectivity index (χ2n) is 9.46. The molecular formula is C31H37NO2. The molecule has 1 atom stereocenters. The molecule has 0 bridgehead atoms. The monoisotopic (exact) mass is 455 g/mol. The Morgan fingerprint density at radius 1 is 0.882 bits per heavy atom. The van der Waals surface area contributed by atoms with Crippen molar-refractivity contribution in [1.82, 2.24) is 4.90 Å². The minimum absolute atomic E-state index is 0.171. The molecule has 1 heterocycles. The predicted molar refractivity (Wildman–Crippen MR) is 140 cm³/mol. The van der Waals surface area contributed by atoms with E-state index >= 15 is 0 Å². The van der Waals surface area contributed by atoms with Crippen molar-refractivity contribution in [3.05, 3.63) is 120 Å². The number of allylic oxidation sites excluding steroid dienone is 1. The van der Waals surface area contributed by atoms with Crippen LogP contribution in [0.25, 0.3) is 0 Å². The summed E-state index contributed by atoms with van der Waals surface area (Å²) < 4.78 is 0. The van der Waals surface area contributed by atoms with Gasteiger partial charge in [-0.2, -0.15) is 0 Å². The Balaban J connectivity index is 1.35. The van der Waals surface area contributed by atoms with Crippen LogP contribution in [0, 0.1) is 5.92 Å². The first-order chi connectivity index (χ1) is 16.6. The summed E-state index contributed by atoms with van der Waals surface area (Å²) in [6, 6.07) is 28.4. The molecule has 0 aliphatic carbocycles. The number of rotatable bonds is 10. The van der Waals surface area contributed by atoms with Gasteiger partial charge in [0.05, 0.1) is 6.10 Å². The van der Waals surface area contributed by atoms with E-state index in [-0.39, 0.29) is 5.92 Å². The van der Waals surface area contributed by atoms with Gasteiger partial charge in [0.1, 0.15) is 5.60 Å². The van der Waals surface area contributed by atoms with E-state index in [1.807, 2.05) is 84.9 Å². The third kappa shape index (κ3) is 5.50. The van der Waals surface area contributed by atoms with Gasteiger partial charge in [-0.1, -0.05) is 91.0 Å². The smallest absolute Gasteiger partial charge is 0.117 e. The lowest BCUT2D eigenvalue weighted by molar-refractivity contribution is -0.0146. The van der Waals surface area contributed by atoms with Crippen LogP contribution in [0.1, 0.15) is 54.0 Å². The lowest BCUT2D eigenvalue weighted by atomic mass is 9.72. The summed E-state index contributed by atoms with van der Waals surface area (Å²) in [5.41, 5.74) is 3.16. The molecule has 1 aliphatic rings. The maximum absolute atomic E-state index is 12.1. The van der Waals surface area contributed by atoms with Gasteiger partial charge in [-0.15, -0.1) is 6.58 Å². The number of benzene rings is 3. The van der Waals surface area contributed by atoms with Crippen LogP contribution in [0.4, 0.5) is 0 Å². The normalized spacial score (nSPS) is 16.3. The molecule has 2 N–H and O–H groups in total. The summed E-state index contributed by atoms with van der Waals surface area (Å²) in [5.74, 6) is 0.171. The first-order valence-electron chi connectivity index (χ1n) is 12.6. The zero-order valence-electron chi connectivity index (χ0n) is 20.0. The van der Waals surface area contributed by atoms with E-state index < -0.39 is 11.7 Å². The fraction of sp³-hybridized carbons (Fsp3) is 0.355. The van der Waals surface area contributed by atoms with Crippen LogP contribution in [0.2, 0.25) is 0 Å². The van der Waals surface area contributed by atoms with Crippen molar-refractivity contribution in [2.45, 2.75) is 43.8 Å². The number of nitrogens with zero attached hydrogens (tertiary/aromatic N) is 1. The molecule has 3 heteroatoms. The van der Waals surface area contributed by atoms with Gasteiger partial charge < -0.3 is 15.1 Å². The van der Waals surface area contributed by atoms with Crippen molar-refractivity contribution in [2.24, 2.45) is 5.92 Å². The van der Waals surface area contributed by atoms with E-state index in [1.54, 1.807) is 0 Å². The predicted octanol–water partition coefficient (Wildman–Crippen LogP) is 5.88. The van der Waals surface area contributed by atoms with Crippen molar-refractivity contribution in [2.75, 3.05) is 19.6 Å². The Bertz CT molecular complexity index is 986. The van der Waals surface area contributed by atoms with Crippen LogP contribution >= 0.6 is 0 Å². The van der Waals surface area contributed by atoms with E-state index in [2.05, 4.69) is 17.5 Å². The van der Waals surface area contributed by atoms with E-state index in [1.165, 1.54) is 0 Å². The average molecular weight is 456 g/mol. The Morgan fingerprint density at radius 3 is 2.03 bits per heavy atom. The molecule has 3 aromatic rings. The van der Waals surface area contributed by atoms with Gasteiger partial charge in [0.25, 0.3) is 0 Å². The molecule has 1 fully saturated rings. The minimum Gasteiger partial charge on any atom is -0.388 e. The molecule has 0 saturated carbocycles. The molecule has 3 aromatic carbocycles. The number of aliphatic hydroxyl groups is 2. The van der Waals surface area contributed by atoms with E-state index in [0.717, 1.165) is 74.0 Å². The van der Waals surface area contributed by atoms with Crippen LogP contribution in [-0.4, -0.2) is 34.7 Å². The van der Waals surface area contributed by atoms with Crippen molar-refractivity contribution >= 4 is 0 Å². The topological polar surface area (TPSA) is 43.7 Å². The Labute approximate surface area is 204 Å². The lowest BCUT2D eigenvalue weighted by Crippen LogP contribution is -2.44. The summed E-state index contributed by atoms with van der Waals surface area (Å²) in [6.07, 6.45) is 5.85. The summed E-state index contributed by atoms with van der Waals surface area (Å²) in [5, 5.41) is 22.8. The SMILES string of the molecule is C=CCc1ccccc1C(O)CCCN1CCC(C(O)(c2ccccc2)c2ccccc2)CC1. The zero-order valence-corrected chi connectivity index (χ0v) is 20.0. The third-order valence-electron chi connectivity index (χ3n) is 7.34. The van der Waals surface area contributed by atoms with Gasteiger partial charge in [0, 0.05) is 0 Å². The molecule has 0 amide bonds. The van der Waals surface area contributed by atoms with E-state index in [9.17, 15) is 10.2 Å². The highest BCUT2D eigenvalue weighted by Crippen LogP contribution is 2.42. The van der Waals surface area contributed by atoms with Gasteiger partial charge >= 0.3 is 0 Å². The molecule has 1 unspecified atom stereocenters. The molecule has 0 aromatic heterocycles. The van der Waals surface area contributed by atoms with Crippen molar-refractivity contribution in [3.63, 3.8) is 0 Å². The number of likely N-dealkylation sites (tertiary alicyclic amines) is 1. The standard InChI is InChI=1S/C31H37NO2/c1-2-12-25-13-9-10-18-29(25)30(33)19-11-22-32-23-20-28(21-24-32)31(34,26-14-5-3-6-15-26)27-16-7-4-8-17-27/h2-10,13-18,28,30,33-34H,1,11-12,19-24H2. The highest BCUT2D eigenvalue weighted by Gasteiger charge is 2.41. The second kappa shape index (κ2) is 11.6. The van der Waals surface area contributed by atoms with Gasteiger partial charge in [0.15, 0.2) is 0 Å².